The van der Waals surface area contributed by atoms with Crippen LogP contribution in [0.4, 0.5) is 8.78 Å². The standard InChI is InChI=1S/C6H8F2O4/c7-6(8,4(9)10)5(11)1-2-12-3-5/h11H,1-3H2,(H,9,10). The first-order valence-electron chi connectivity index (χ1n) is 3.31. The van der Waals surface area contributed by atoms with Crippen LogP contribution in [0.1, 0.15) is 6.42 Å². The molecule has 1 fully saturated rings. The van der Waals surface area contributed by atoms with Crippen LogP contribution in [0.2, 0.25) is 0 Å². The van der Waals surface area contributed by atoms with Crippen LogP contribution < -0.4 is 0 Å². The van der Waals surface area contributed by atoms with Crippen molar-refractivity contribution in [3.8, 4) is 0 Å². The normalized spacial score (nSPS) is 30.6. The van der Waals surface area contributed by atoms with E-state index in [0.717, 1.165) is 0 Å². The number of hydrogen-bond donors (Lipinski definition) is 2. The lowest BCUT2D eigenvalue weighted by molar-refractivity contribution is -0.207. The number of carboxylic acid groups (broad SMARTS) is 1. The minimum Gasteiger partial charge on any atom is -0.477 e. The Kier molecular flexibility index (Phi) is 2.05. The van der Waals surface area contributed by atoms with Gasteiger partial charge in [-0.1, -0.05) is 0 Å². The molecule has 1 unspecified atom stereocenters. The van der Waals surface area contributed by atoms with Gasteiger partial charge >= 0.3 is 11.9 Å². The zero-order valence-electron chi connectivity index (χ0n) is 6.09. The molecule has 1 aliphatic rings. The van der Waals surface area contributed by atoms with E-state index in [1.165, 1.54) is 0 Å². The number of carboxylic acids is 1. The summed E-state index contributed by atoms with van der Waals surface area (Å²) in [6, 6.07) is 0. The van der Waals surface area contributed by atoms with Gasteiger partial charge in [0, 0.05) is 13.0 Å². The number of halogens is 2. The van der Waals surface area contributed by atoms with E-state index < -0.39 is 24.1 Å². The fraction of sp³-hybridized carbons (Fsp3) is 0.833. The molecule has 0 bridgehead atoms. The molecule has 0 saturated carbocycles. The summed E-state index contributed by atoms with van der Waals surface area (Å²) in [7, 11) is 0. The van der Waals surface area contributed by atoms with Gasteiger partial charge in [-0.25, -0.2) is 4.79 Å². The zero-order chi connectivity index (χ0) is 9.41. The van der Waals surface area contributed by atoms with Crippen molar-refractivity contribution in [2.24, 2.45) is 0 Å². The van der Waals surface area contributed by atoms with Gasteiger partial charge in [-0.15, -0.1) is 0 Å². The molecule has 0 aromatic heterocycles. The third kappa shape index (κ3) is 1.16. The van der Waals surface area contributed by atoms with Gasteiger partial charge in [-0.2, -0.15) is 8.78 Å². The van der Waals surface area contributed by atoms with Crippen LogP contribution in [0.5, 0.6) is 0 Å². The summed E-state index contributed by atoms with van der Waals surface area (Å²) >= 11 is 0. The maximum Gasteiger partial charge on any atom is 0.377 e. The Morgan fingerprint density at radius 3 is 2.50 bits per heavy atom. The molecule has 1 aliphatic heterocycles. The SMILES string of the molecule is O=C(O)C(F)(F)C1(O)CCOC1. The fourth-order valence-corrected chi connectivity index (χ4v) is 1.00. The molecule has 0 amide bonds. The van der Waals surface area contributed by atoms with Crippen molar-refractivity contribution in [2.75, 3.05) is 13.2 Å². The van der Waals surface area contributed by atoms with E-state index in [1.807, 2.05) is 0 Å². The summed E-state index contributed by atoms with van der Waals surface area (Å²) in [6.07, 6.45) is -0.355. The number of hydrogen-bond acceptors (Lipinski definition) is 3. The van der Waals surface area contributed by atoms with Crippen molar-refractivity contribution < 1.29 is 28.5 Å². The first-order valence-corrected chi connectivity index (χ1v) is 3.31. The summed E-state index contributed by atoms with van der Waals surface area (Å²) < 4.78 is 29.9. The van der Waals surface area contributed by atoms with Crippen LogP contribution in [-0.4, -0.2) is 40.9 Å². The molecule has 0 aliphatic carbocycles. The highest BCUT2D eigenvalue weighted by molar-refractivity contribution is 5.77. The molecule has 6 heteroatoms. The van der Waals surface area contributed by atoms with Crippen LogP contribution in [0.3, 0.4) is 0 Å². The van der Waals surface area contributed by atoms with Crippen LogP contribution in [-0.2, 0) is 9.53 Å². The van der Waals surface area contributed by atoms with Gasteiger partial charge in [0.2, 0.25) is 0 Å². The summed E-state index contributed by atoms with van der Waals surface area (Å²) in [4.78, 5) is 10.0. The highest BCUT2D eigenvalue weighted by Gasteiger charge is 2.60. The predicted molar refractivity (Wildman–Crippen MR) is 33.0 cm³/mol. The first-order chi connectivity index (χ1) is 5.40. The highest BCUT2D eigenvalue weighted by atomic mass is 19.3. The Balaban J connectivity index is 2.85. The molecule has 0 spiro atoms. The number of ether oxygens (including phenoxy) is 1. The second-order valence-corrected chi connectivity index (χ2v) is 2.71. The molecule has 1 atom stereocenters. The molecule has 0 aromatic carbocycles. The summed E-state index contributed by atoms with van der Waals surface area (Å²) in [5, 5.41) is 17.2. The van der Waals surface area contributed by atoms with Crippen molar-refractivity contribution in [1.82, 2.24) is 0 Å². The molecule has 70 valence electrons. The lowest BCUT2D eigenvalue weighted by atomic mass is 9.95. The van der Waals surface area contributed by atoms with Crippen molar-refractivity contribution in [1.29, 1.82) is 0 Å². The van der Waals surface area contributed by atoms with E-state index in [0.29, 0.717) is 0 Å². The van der Waals surface area contributed by atoms with E-state index in [-0.39, 0.29) is 13.0 Å². The van der Waals surface area contributed by atoms with Crippen molar-refractivity contribution >= 4 is 5.97 Å². The monoisotopic (exact) mass is 182 g/mol. The average molecular weight is 182 g/mol. The molecular formula is C6H8F2O4. The zero-order valence-corrected chi connectivity index (χ0v) is 6.09. The minimum atomic E-state index is -4.14. The van der Waals surface area contributed by atoms with Crippen molar-refractivity contribution in [3.63, 3.8) is 0 Å². The van der Waals surface area contributed by atoms with Crippen LogP contribution in [0.25, 0.3) is 0 Å². The maximum atomic E-state index is 12.7. The largest absolute Gasteiger partial charge is 0.477 e. The summed E-state index contributed by atoms with van der Waals surface area (Å²) in [5.41, 5.74) is -2.54. The smallest absolute Gasteiger partial charge is 0.377 e. The number of aliphatic carboxylic acids is 1. The van der Waals surface area contributed by atoms with Crippen molar-refractivity contribution in [2.45, 2.75) is 17.9 Å². The molecule has 2 N–H and O–H groups in total. The van der Waals surface area contributed by atoms with Gasteiger partial charge in [0.25, 0.3) is 0 Å². The molecule has 1 rings (SSSR count). The number of aliphatic hydroxyl groups is 1. The van der Waals surface area contributed by atoms with Crippen LogP contribution in [0, 0.1) is 0 Å². The third-order valence-electron chi connectivity index (χ3n) is 1.85. The van der Waals surface area contributed by atoms with E-state index in [4.69, 9.17) is 10.2 Å². The van der Waals surface area contributed by atoms with Crippen molar-refractivity contribution in [3.05, 3.63) is 0 Å². The van der Waals surface area contributed by atoms with Gasteiger partial charge in [0.15, 0.2) is 5.60 Å². The molecule has 4 nitrogen and oxygen atoms in total. The van der Waals surface area contributed by atoms with Gasteiger partial charge < -0.3 is 14.9 Å². The lowest BCUT2D eigenvalue weighted by Gasteiger charge is -2.26. The summed E-state index contributed by atoms with van der Waals surface area (Å²) in [6.45, 7) is -0.675. The van der Waals surface area contributed by atoms with E-state index in [2.05, 4.69) is 4.74 Å². The summed E-state index contributed by atoms with van der Waals surface area (Å²) in [5.74, 6) is -6.46. The molecule has 0 aromatic rings. The van der Waals surface area contributed by atoms with Gasteiger partial charge in [-0.3, -0.25) is 0 Å². The molecule has 1 heterocycles. The average Bonchev–Trinajstić information content (AvgIpc) is 2.37. The van der Waals surface area contributed by atoms with Gasteiger partial charge in [0.05, 0.1) is 6.61 Å². The third-order valence-corrected chi connectivity index (χ3v) is 1.85. The number of carbonyl (C=O) groups is 1. The second kappa shape index (κ2) is 2.63. The molecule has 1 saturated heterocycles. The van der Waals surface area contributed by atoms with E-state index >= 15 is 0 Å². The predicted octanol–water partition coefficient (Wildman–Crippen LogP) is -0.142. The molecule has 12 heavy (non-hydrogen) atoms. The Morgan fingerprint density at radius 2 is 2.17 bits per heavy atom. The van der Waals surface area contributed by atoms with Crippen LogP contribution in [0.15, 0.2) is 0 Å². The maximum absolute atomic E-state index is 12.7. The Bertz CT molecular complexity index is 198. The highest BCUT2D eigenvalue weighted by Crippen LogP contribution is 2.35. The topological polar surface area (TPSA) is 66.8 Å². The lowest BCUT2D eigenvalue weighted by Crippen LogP contribution is -2.53. The molecule has 0 radical (unpaired) electrons. The minimum absolute atomic E-state index is 0.0423. The van der Waals surface area contributed by atoms with Gasteiger partial charge in [0.1, 0.15) is 0 Å². The number of rotatable bonds is 2. The van der Waals surface area contributed by atoms with Crippen LogP contribution >= 0.6 is 0 Å². The Hall–Kier alpha value is -0.750. The van der Waals surface area contributed by atoms with E-state index in [9.17, 15) is 13.6 Å². The quantitative estimate of drug-likeness (QED) is 0.623. The second-order valence-electron chi connectivity index (χ2n) is 2.71. The Morgan fingerprint density at radius 1 is 1.58 bits per heavy atom. The molecular weight excluding hydrogens is 174 g/mol. The number of alkyl halides is 2. The van der Waals surface area contributed by atoms with Gasteiger partial charge in [-0.05, 0) is 0 Å². The Labute approximate surface area is 66.8 Å². The first kappa shape index (κ1) is 9.34. The van der Waals surface area contributed by atoms with E-state index in [1.54, 1.807) is 0 Å². The fourth-order valence-electron chi connectivity index (χ4n) is 1.00.